The van der Waals surface area contributed by atoms with Gasteiger partial charge in [-0.25, -0.2) is 4.79 Å². The Balaban J connectivity index is 1.24. The first-order valence-electron chi connectivity index (χ1n) is 11.8. The number of carbonyl (C=O) groups excluding carboxylic acids is 1. The standard InChI is InChI=1S/C27H36N2O3/c1-27(2,3)32-26(30)29(25-17-24(25)22-11-6-4-7-12-22)20-21-18-28(19-21)15-10-16-31-23-13-8-5-9-14-23/h4-9,11-14,21,24-25H,10,15-20H2,1-3H3. The molecule has 2 atom stereocenters. The molecule has 2 aromatic carbocycles. The second-order valence-corrected chi connectivity index (χ2v) is 10.1. The predicted octanol–water partition coefficient (Wildman–Crippen LogP) is 5.18. The van der Waals surface area contributed by atoms with E-state index in [9.17, 15) is 4.79 Å². The summed E-state index contributed by atoms with van der Waals surface area (Å²) in [4.78, 5) is 17.4. The van der Waals surface area contributed by atoms with Gasteiger partial charge in [-0.05, 0) is 51.3 Å². The normalized spacial score (nSPS) is 21.0. The molecule has 172 valence electrons. The van der Waals surface area contributed by atoms with E-state index in [0.717, 1.165) is 51.4 Å². The first-order chi connectivity index (χ1) is 15.4. The molecule has 1 heterocycles. The molecule has 2 fully saturated rings. The maximum atomic E-state index is 13.0. The van der Waals surface area contributed by atoms with Gasteiger partial charge in [0, 0.05) is 44.1 Å². The Hall–Kier alpha value is -2.53. The van der Waals surface area contributed by atoms with E-state index in [1.165, 1.54) is 5.56 Å². The van der Waals surface area contributed by atoms with Crippen LogP contribution in [0, 0.1) is 5.92 Å². The topological polar surface area (TPSA) is 42.0 Å². The maximum absolute atomic E-state index is 13.0. The van der Waals surface area contributed by atoms with Gasteiger partial charge in [-0.1, -0.05) is 48.5 Å². The summed E-state index contributed by atoms with van der Waals surface area (Å²) in [6.07, 6.45) is 1.86. The number of likely N-dealkylation sites (tertiary alicyclic amines) is 1. The van der Waals surface area contributed by atoms with Gasteiger partial charge in [0.05, 0.1) is 6.61 Å². The number of hydrogen-bond donors (Lipinski definition) is 0. The van der Waals surface area contributed by atoms with Crippen LogP contribution >= 0.6 is 0 Å². The van der Waals surface area contributed by atoms with Crippen LogP contribution < -0.4 is 4.74 Å². The molecule has 1 saturated heterocycles. The molecular formula is C27H36N2O3. The lowest BCUT2D eigenvalue weighted by atomic mass is 9.99. The van der Waals surface area contributed by atoms with Gasteiger partial charge in [-0.2, -0.15) is 0 Å². The number of nitrogens with zero attached hydrogens (tertiary/aromatic N) is 2. The second kappa shape index (κ2) is 9.95. The first kappa shape index (κ1) is 22.7. The highest BCUT2D eigenvalue weighted by Gasteiger charge is 2.47. The molecule has 1 saturated carbocycles. The van der Waals surface area contributed by atoms with Crippen molar-refractivity contribution in [3.8, 4) is 5.75 Å². The molecule has 1 aliphatic heterocycles. The van der Waals surface area contributed by atoms with Crippen molar-refractivity contribution in [3.05, 3.63) is 66.2 Å². The van der Waals surface area contributed by atoms with Gasteiger partial charge in [-0.15, -0.1) is 0 Å². The summed E-state index contributed by atoms with van der Waals surface area (Å²) >= 11 is 0. The highest BCUT2D eigenvalue weighted by molar-refractivity contribution is 5.69. The molecule has 0 bridgehead atoms. The SMILES string of the molecule is CC(C)(C)OC(=O)N(CC1CN(CCCOc2ccccc2)C1)C1CC1c1ccccc1. The van der Waals surface area contributed by atoms with Crippen LogP contribution in [-0.2, 0) is 4.74 Å². The second-order valence-electron chi connectivity index (χ2n) is 10.1. The molecule has 0 spiro atoms. The van der Waals surface area contributed by atoms with Crippen LogP contribution in [-0.4, -0.2) is 60.3 Å². The molecule has 2 aliphatic rings. The largest absolute Gasteiger partial charge is 0.494 e. The fraction of sp³-hybridized carbons (Fsp3) is 0.519. The average Bonchev–Trinajstić information content (AvgIpc) is 3.52. The summed E-state index contributed by atoms with van der Waals surface area (Å²) in [5.41, 5.74) is 0.844. The van der Waals surface area contributed by atoms with E-state index in [0.29, 0.717) is 11.8 Å². The smallest absolute Gasteiger partial charge is 0.410 e. The van der Waals surface area contributed by atoms with Crippen LogP contribution in [0.25, 0.3) is 0 Å². The fourth-order valence-corrected chi connectivity index (χ4v) is 4.50. The number of hydrogen-bond acceptors (Lipinski definition) is 4. The molecule has 5 heteroatoms. The minimum absolute atomic E-state index is 0.171. The van der Waals surface area contributed by atoms with Gasteiger partial charge >= 0.3 is 6.09 Å². The number of carbonyl (C=O) groups is 1. The lowest BCUT2D eigenvalue weighted by Gasteiger charge is -2.42. The quantitative estimate of drug-likeness (QED) is 0.508. The summed E-state index contributed by atoms with van der Waals surface area (Å²) < 4.78 is 11.6. The van der Waals surface area contributed by atoms with E-state index in [1.807, 2.05) is 62.1 Å². The van der Waals surface area contributed by atoms with Crippen LogP contribution in [0.2, 0.25) is 0 Å². The Morgan fingerprint density at radius 3 is 2.34 bits per heavy atom. The molecule has 2 aromatic rings. The summed E-state index contributed by atoms with van der Waals surface area (Å²) in [7, 11) is 0. The van der Waals surface area contributed by atoms with E-state index in [-0.39, 0.29) is 12.1 Å². The van der Waals surface area contributed by atoms with Crippen LogP contribution in [0.15, 0.2) is 60.7 Å². The van der Waals surface area contributed by atoms with Crippen molar-refractivity contribution in [1.29, 1.82) is 0 Å². The molecule has 0 N–H and O–H groups in total. The molecule has 5 nitrogen and oxygen atoms in total. The Bertz CT molecular complexity index is 859. The third-order valence-corrected chi connectivity index (χ3v) is 6.13. The van der Waals surface area contributed by atoms with Gasteiger partial charge in [-0.3, -0.25) is 0 Å². The van der Waals surface area contributed by atoms with Gasteiger partial charge in [0.1, 0.15) is 11.4 Å². The number of para-hydroxylation sites is 1. The number of amides is 1. The van der Waals surface area contributed by atoms with Crippen LogP contribution in [0.4, 0.5) is 4.79 Å². The number of rotatable bonds is 9. The molecular weight excluding hydrogens is 400 g/mol. The minimum atomic E-state index is -0.475. The van der Waals surface area contributed by atoms with Crippen molar-refractivity contribution in [2.75, 3.05) is 32.8 Å². The molecule has 2 unspecified atom stereocenters. The van der Waals surface area contributed by atoms with Crippen LogP contribution in [0.5, 0.6) is 5.75 Å². The van der Waals surface area contributed by atoms with E-state index in [4.69, 9.17) is 9.47 Å². The minimum Gasteiger partial charge on any atom is -0.494 e. The van der Waals surface area contributed by atoms with Crippen molar-refractivity contribution in [1.82, 2.24) is 9.80 Å². The van der Waals surface area contributed by atoms with E-state index in [1.54, 1.807) is 0 Å². The van der Waals surface area contributed by atoms with Gasteiger partial charge in [0.15, 0.2) is 0 Å². The van der Waals surface area contributed by atoms with E-state index in [2.05, 4.69) is 29.2 Å². The van der Waals surface area contributed by atoms with Crippen molar-refractivity contribution < 1.29 is 14.3 Å². The Morgan fingerprint density at radius 1 is 1.03 bits per heavy atom. The van der Waals surface area contributed by atoms with Crippen LogP contribution in [0.3, 0.4) is 0 Å². The molecule has 0 radical (unpaired) electrons. The fourth-order valence-electron chi connectivity index (χ4n) is 4.50. The Labute approximate surface area is 192 Å². The number of benzene rings is 2. The predicted molar refractivity (Wildman–Crippen MR) is 127 cm³/mol. The van der Waals surface area contributed by atoms with Gasteiger partial charge < -0.3 is 19.3 Å². The summed E-state index contributed by atoms with van der Waals surface area (Å²) in [5.74, 6) is 1.86. The van der Waals surface area contributed by atoms with Crippen molar-refractivity contribution in [2.45, 2.75) is 51.2 Å². The van der Waals surface area contributed by atoms with Crippen LogP contribution in [0.1, 0.15) is 45.1 Å². The zero-order valence-corrected chi connectivity index (χ0v) is 19.6. The molecule has 4 rings (SSSR count). The average molecular weight is 437 g/mol. The Kier molecular flexibility index (Phi) is 7.04. The third-order valence-electron chi connectivity index (χ3n) is 6.13. The Morgan fingerprint density at radius 2 is 1.69 bits per heavy atom. The third kappa shape index (κ3) is 6.26. The first-order valence-corrected chi connectivity index (χ1v) is 11.8. The molecule has 32 heavy (non-hydrogen) atoms. The van der Waals surface area contributed by atoms with Crippen molar-refractivity contribution in [2.24, 2.45) is 5.92 Å². The van der Waals surface area contributed by atoms with Gasteiger partial charge in [0.2, 0.25) is 0 Å². The van der Waals surface area contributed by atoms with E-state index >= 15 is 0 Å². The van der Waals surface area contributed by atoms with Crippen molar-refractivity contribution in [3.63, 3.8) is 0 Å². The zero-order valence-electron chi connectivity index (χ0n) is 19.6. The molecule has 1 aliphatic carbocycles. The molecule has 1 amide bonds. The summed E-state index contributed by atoms with van der Waals surface area (Å²) in [5, 5.41) is 0. The highest BCUT2D eigenvalue weighted by Crippen LogP contribution is 2.45. The van der Waals surface area contributed by atoms with Crippen molar-refractivity contribution >= 4 is 6.09 Å². The summed E-state index contributed by atoms with van der Waals surface area (Å²) in [6.45, 7) is 10.4. The lowest BCUT2D eigenvalue weighted by molar-refractivity contribution is 0.00718. The monoisotopic (exact) mass is 436 g/mol. The van der Waals surface area contributed by atoms with E-state index < -0.39 is 5.60 Å². The zero-order chi connectivity index (χ0) is 22.6. The summed E-state index contributed by atoms with van der Waals surface area (Å²) in [6, 6.07) is 20.8. The lowest BCUT2D eigenvalue weighted by Crippen LogP contribution is -2.53. The molecule has 0 aromatic heterocycles. The highest BCUT2D eigenvalue weighted by atomic mass is 16.6. The maximum Gasteiger partial charge on any atom is 0.410 e. The van der Waals surface area contributed by atoms with Gasteiger partial charge in [0.25, 0.3) is 0 Å². The number of ether oxygens (including phenoxy) is 2.